The normalized spacial score (nSPS) is 10.4. The summed E-state index contributed by atoms with van der Waals surface area (Å²) in [5.74, 6) is 1.25. The van der Waals surface area contributed by atoms with E-state index >= 15 is 0 Å². The van der Waals surface area contributed by atoms with Crippen LogP contribution in [0.5, 0.6) is 0 Å². The monoisotopic (exact) mass is 184 g/mol. The highest BCUT2D eigenvalue weighted by Crippen LogP contribution is 1.96. The van der Waals surface area contributed by atoms with Crippen molar-refractivity contribution in [2.24, 2.45) is 0 Å². The molecule has 0 atom stereocenters. The van der Waals surface area contributed by atoms with E-state index in [4.69, 9.17) is 0 Å². The fourth-order valence-electron chi connectivity index (χ4n) is 1.04. The lowest BCUT2D eigenvalue weighted by Crippen LogP contribution is -2.14. The number of nitrogens with one attached hydrogen (secondary N) is 2. The third kappa shape index (κ3) is 3.83. The lowest BCUT2D eigenvalue weighted by atomic mass is 10.3. The summed E-state index contributed by atoms with van der Waals surface area (Å²) in [6.07, 6.45) is 7.39. The second-order valence-corrected chi connectivity index (χ2v) is 3.73. The Hall–Kier alpha value is -0.410. The van der Waals surface area contributed by atoms with Gasteiger partial charge < -0.3 is 10.3 Å². The Balaban J connectivity index is 1.96. The number of hydrogen-bond donors (Lipinski definition) is 2. The summed E-state index contributed by atoms with van der Waals surface area (Å²) in [5, 5.41) is 3.39. The van der Waals surface area contributed by atoms with Crippen molar-refractivity contribution in [2.45, 2.75) is 13.0 Å². The van der Waals surface area contributed by atoms with Gasteiger partial charge in [-0.3, -0.25) is 0 Å². The van der Waals surface area contributed by atoms with Gasteiger partial charge in [0.15, 0.2) is 0 Å². The average Bonchev–Trinajstić information content (AvgIpc) is 2.57. The van der Waals surface area contributed by atoms with Crippen molar-refractivity contribution < 1.29 is 0 Å². The third-order valence-corrected chi connectivity index (χ3v) is 2.39. The second-order valence-electron chi connectivity index (χ2n) is 2.74. The first kappa shape index (κ1) is 9.68. The molecule has 0 fully saturated rings. The smallest absolute Gasteiger partial charge is 0.0220 e. The Bertz CT molecular complexity index is 184. The minimum atomic E-state index is 0.984. The predicted molar refractivity (Wildman–Crippen MR) is 55.5 cm³/mol. The van der Waals surface area contributed by atoms with E-state index in [-0.39, 0.29) is 0 Å². The van der Waals surface area contributed by atoms with Gasteiger partial charge in [-0.25, -0.2) is 0 Å². The van der Waals surface area contributed by atoms with Crippen molar-refractivity contribution >= 4 is 11.8 Å². The van der Waals surface area contributed by atoms with Crippen LogP contribution < -0.4 is 5.32 Å². The summed E-state index contributed by atoms with van der Waals surface area (Å²) >= 11 is 1.90. The topological polar surface area (TPSA) is 27.8 Å². The number of thioether (sulfide) groups is 1. The van der Waals surface area contributed by atoms with E-state index in [1.807, 2.05) is 24.2 Å². The largest absolute Gasteiger partial charge is 0.367 e. The molecular weight excluding hydrogens is 168 g/mol. The van der Waals surface area contributed by atoms with Gasteiger partial charge in [0.25, 0.3) is 0 Å². The van der Waals surface area contributed by atoms with E-state index in [1.54, 1.807) is 0 Å². The summed E-state index contributed by atoms with van der Waals surface area (Å²) in [6.45, 7) is 2.10. The molecule has 3 heteroatoms. The Labute approximate surface area is 78.1 Å². The molecule has 1 aromatic heterocycles. The van der Waals surface area contributed by atoms with Crippen molar-refractivity contribution in [3.05, 3.63) is 24.0 Å². The molecule has 0 saturated carbocycles. The minimum absolute atomic E-state index is 0.984. The van der Waals surface area contributed by atoms with Gasteiger partial charge in [0.05, 0.1) is 0 Å². The van der Waals surface area contributed by atoms with Gasteiger partial charge in [-0.2, -0.15) is 11.8 Å². The zero-order chi connectivity index (χ0) is 8.65. The van der Waals surface area contributed by atoms with E-state index in [2.05, 4.69) is 22.6 Å². The number of rotatable bonds is 6. The molecule has 2 nitrogen and oxygen atoms in total. The van der Waals surface area contributed by atoms with Gasteiger partial charge in [0.1, 0.15) is 0 Å². The molecule has 68 valence electrons. The van der Waals surface area contributed by atoms with E-state index < -0.39 is 0 Å². The first-order chi connectivity index (χ1) is 5.93. The van der Waals surface area contributed by atoms with Crippen LogP contribution in [0.3, 0.4) is 0 Å². The Morgan fingerprint density at radius 2 is 2.50 bits per heavy atom. The highest BCUT2D eigenvalue weighted by molar-refractivity contribution is 7.98. The van der Waals surface area contributed by atoms with Crippen LogP contribution in [0.2, 0.25) is 0 Å². The molecule has 0 unspecified atom stereocenters. The van der Waals surface area contributed by atoms with Crippen LogP contribution in [0.1, 0.15) is 12.0 Å². The standard InChI is InChI=1S/C9H16N2S/c1-12-6-2-4-10-7-9-3-5-11-8-9/h3,5,8,10-11H,2,4,6-7H2,1H3. The molecule has 0 spiro atoms. The molecule has 0 saturated heterocycles. The highest BCUT2D eigenvalue weighted by Gasteiger charge is 1.90. The first-order valence-corrected chi connectivity index (χ1v) is 5.64. The maximum atomic E-state index is 3.39. The van der Waals surface area contributed by atoms with Gasteiger partial charge in [0.2, 0.25) is 0 Å². The van der Waals surface area contributed by atoms with Crippen LogP contribution in [-0.4, -0.2) is 23.5 Å². The summed E-state index contributed by atoms with van der Waals surface area (Å²) in [6, 6.07) is 2.10. The molecule has 2 N–H and O–H groups in total. The molecule has 12 heavy (non-hydrogen) atoms. The van der Waals surface area contributed by atoms with Crippen LogP contribution in [0, 0.1) is 0 Å². The summed E-state index contributed by atoms with van der Waals surface area (Å²) in [5.41, 5.74) is 1.33. The van der Waals surface area contributed by atoms with Crippen LogP contribution in [0.4, 0.5) is 0 Å². The molecule has 1 aromatic rings. The number of H-pyrrole nitrogens is 1. The number of hydrogen-bond acceptors (Lipinski definition) is 2. The second kappa shape index (κ2) is 6.14. The molecule has 0 aliphatic heterocycles. The maximum Gasteiger partial charge on any atom is 0.0220 e. The molecule has 0 aliphatic rings. The lowest BCUT2D eigenvalue weighted by molar-refractivity contribution is 0.679. The zero-order valence-electron chi connectivity index (χ0n) is 7.47. The van der Waals surface area contributed by atoms with Crippen LogP contribution in [0.25, 0.3) is 0 Å². The third-order valence-electron chi connectivity index (χ3n) is 1.69. The quantitative estimate of drug-likeness (QED) is 0.660. The predicted octanol–water partition coefficient (Wildman–Crippen LogP) is 1.86. The maximum absolute atomic E-state index is 3.39. The van der Waals surface area contributed by atoms with Crippen molar-refractivity contribution in [3.8, 4) is 0 Å². The minimum Gasteiger partial charge on any atom is -0.367 e. The molecule has 0 aliphatic carbocycles. The van der Waals surface area contributed by atoms with Crippen molar-refractivity contribution in [3.63, 3.8) is 0 Å². The number of aromatic nitrogens is 1. The van der Waals surface area contributed by atoms with Gasteiger partial charge in [-0.1, -0.05) is 0 Å². The van der Waals surface area contributed by atoms with Crippen molar-refractivity contribution in [2.75, 3.05) is 18.6 Å². The van der Waals surface area contributed by atoms with Crippen molar-refractivity contribution in [1.29, 1.82) is 0 Å². The van der Waals surface area contributed by atoms with Gasteiger partial charge in [-0.05, 0) is 36.6 Å². The average molecular weight is 184 g/mol. The molecule has 1 heterocycles. The lowest BCUT2D eigenvalue weighted by Gasteiger charge is -2.01. The van der Waals surface area contributed by atoms with E-state index in [9.17, 15) is 0 Å². The zero-order valence-corrected chi connectivity index (χ0v) is 8.29. The van der Waals surface area contributed by atoms with Gasteiger partial charge in [0, 0.05) is 18.9 Å². The molecule has 0 radical (unpaired) electrons. The van der Waals surface area contributed by atoms with Crippen molar-refractivity contribution in [1.82, 2.24) is 10.3 Å². The molecule has 1 rings (SSSR count). The number of aromatic amines is 1. The van der Waals surface area contributed by atoms with E-state index in [0.29, 0.717) is 0 Å². The summed E-state index contributed by atoms with van der Waals surface area (Å²) in [4.78, 5) is 3.04. The Kier molecular flexibility index (Phi) is 4.95. The van der Waals surface area contributed by atoms with E-state index in [1.165, 1.54) is 17.7 Å². The van der Waals surface area contributed by atoms with Gasteiger partial charge >= 0.3 is 0 Å². The van der Waals surface area contributed by atoms with Crippen LogP contribution in [0.15, 0.2) is 18.5 Å². The molecule has 0 bridgehead atoms. The Morgan fingerprint density at radius 1 is 1.58 bits per heavy atom. The highest BCUT2D eigenvalue weighted by atomic mass is 32.2. The fourth-order valence-corrected chi connectivity index (χ4v) is 1.48. The molecule has 0 amide bonds. The first-order valence-electron chi connectivity index (χ1n) is 4.25. The SMILES string of the molecule is CSCCCNCc1cc[nH]c1. The van der Waals surface area contributed by atoms with Crippen LogP contribution >= 0.6 is 11.8 Å². The summed E-state index contributed by atoms with van der Waals surface area (Å²) in [7, 11) is 0. The van der Waals surface area contributed by atoms with E-state index in [0.717, 1.165) is 13.1 Å². The Morgan fingerprint density at radius 3 is 3.17 bits per heavy atom. The van der Waals surface area contributed by atoms with Gasteiger partial charge in [-0.15, -0.1) is 0 Å². The molecule has 0 aromatic carbocycles. The van der Waals surface area contributed by atoms with Crippen LogP contribution in [-0.2, 0) is 6.54 Å². The fraction of sp³-hybridized carbons (Fsp3) is 0.556. The molecular formula is C9H16N2S. The summed E-state index contributed by atoms with van der Waals surface area (Å²) < 4.78 is 0.